The molecule has 7 nitrogen and oxygen atoms in total. The summed E-state index contributed by atoms with van der Waals surface area (Å²) in [7, 11) is 1.61. The normalized spacial score (nSPS) is 13.2. The maximum absolute atomic E-state index is 12.1. The van der Waals surface area contributed by atoms with Gasteiger partial charge in [0.1, 0.15) is 18.5 Å². The van der Waals surface area contributed by atoms with Crippen molar-refractivity contribution in [3.63, 3.8) is 0 Å². The van der Waals surface area contributed by atoms with Crippen LogP contribution in [0.1, 0.15) is 0 Å². The van der Waals surface area contributed by atoms with Gasteiger partial charge in [0.25, 0.3) is 0 Å². The molecule has 0 aliphatic carbocycles. The fourth-order valence-electron chi connectivity index (χ4n) is 2.35. The molecule has 132 valence electrons. The summed E-state index contributed by atoms with van der Waals surface area (Å²) in [5.74, 6) is 1.86. The van der Waals surface area contributed by atoms with E-state index in [9.17, 15) is 9.90 Å². The Bertz CT molecular complexity index is 723. The van der Waals surface area contributed by atoms with Crippen molar-refractivity contribution < 1.29 is 24.1 Å². The molecule has 0 radical (unpaired) electrons. The molecule has 2 aromatic rings. The number of carbonyl (C=O) groups excluding carboxylic acids is 1. The van der Waals surface area contributed by atoms with E-state index >= 15 is 0 Å². The van der Waals surface area contributed by atoms with Gasteiger partial charge in [0.15, 0.2) is 11.5 Å². The monoisotopic (exact) mass is 344 g/mol. The minimum Gasteiger partial charge on any atom is -0.491 e. The number of rotatable bonds is 6. The van der Waals surface area contributed by atoms with Crippen LogP contribution >= 0.6 is 0 Å². The highest BCUT2D eigenvalue weighted by Crippen LogP contribution is 2.35. The molecule has 0 saturated carbocycles. The van der Waals surface area contributed by atoms with E-state index in [2.05, 4.69) is 5.32 Å². The Kier molecular flexibility index (Phi) is 5.25. The van der Waals surface area contributed by atoms with Crippen molar-refractivity contribution in [1.82, 2.24) is 4.90 Å². The third kappa shape index (κ3) is 4.54. The number of ether oxygens (including phenoxy) is 3. The van der Waals surface area contributed by atoms with Gasteiger partial charge in [-0.25, -0.2) is 4.79 Å². The van der Waals surface area contributed by atoms with Gasteiger partial charge in [0.2, 0.25) is 6.79 Å². The number of hydrogen-bond donors (Lipinski definition) is 2. The first-order valence-corrected chi connectivity index (χ1v) is 7.89. The van der Waals surface area contributed by atoms with E-state index in [1.54, 1.807) is 37.4 Å². The molecule has 0 spiro atoms. The lowest BCUT2D eigenvalue weighted by molar-refractivity contribution is 0.0849. The average molecular weight is 344 g/mol. The third-order valence-corrected chi connectivity index (χ3v) is 3.64. The number of aliphatic hydroxyl groups excluding tert-OH is 1. The van der Waals surface area contributed by atoms with E-state index in [-0.39, 0.29) is 26.0 Å². The van der Waals surface area contributed by atoms with Crippen LogP contribution in [0.4, 0.5) is 10.5 Å². The molecule has 1 atom stereocenters. The molecular weight excluding hydrogens is 324 g/mol. The van der Waals surface area contributed by atoms with Crippen molar-refractivity contribution in [2.75, 3.05) is 32.3 Å². The lowest BCUT2D eigenvalue weighted by Crippen LogP contribution is -2.39. The van der Waals surface area contributed by atoms with E-state index in [4.69, 9.17) is 14.2 Å². The summed E-state index contributed by atoms with van der Waals surface area (Å²) >= 11 is 0. The molecule has 0 bridgehead atoms. The molecule has 0 unspecified atom stereocenters. The zero-order chi connectivity index (χ0) is 17.6. The Morgan fingerprint density at radius 2 is 2.00 bits per heavy atom. The first kappa shape index (κ1) is 16.9. The molecule has 7 heteroatoms. The number of aliphatic hydroxyl groups is 1. The van der Waals surface area contributed by atoms with Crippen molar-refractivity contribution in [3.05, 3.63) is 48.5 Å². The Balaban J connectivity index is 1.45. The van der Waals surface area contributed by atoms with Crippen LogP contribution in [-0.2, 0) is 0 Å². The lowest BCUT2D eigenvalue weighted by Gasteiger charge is -2.21. The molecule has 3 rings (SSSR count). The van der Waals surface area contributed by atoms with Crippen LogP contribution in [0.2, 0.25) is 0 Å². The Morgan fingerprint density at radius 1 is 1.24 bits per heavy atom. The number of anilines is 1. The molecule has 2 aromatic carbocycles. The molecule has 1 aliphatic rings. The van der Waals surface area contributed by atoms with Crippen molar-refractivity contribution in [2.45, 2.75) is 6.10 Å². The van der Waals surface area contributed by atoms with Gasteiger partial charge in [-0.05, 0) is 24.3 Å². The van der Waals surface area contributed by atoms with Gasteiger partial charge in [-0.3, -0.25) is 0 Å². The number of nitrogens with zero attached hydrogens (tertiary/aromatic N) is 1. The summed E-state index contributed by atoms with van der Waals surface area (Å²) in [6.07, 6.45) is -0.822. The number of amides is 2. The highest BCUT2D eigenvalue weighted by Gasteiger charge is 2.16. The van der Waals surface area contributed by atoms with Gasteiger partial charge >= 0.3 is 6.03 Å². The number of nitrogens with one attached hydrogen (secondary N) is 1. The van der Waals surface area contributed by atoms with Crippen LogP contribution in [0.3, 0.4) is 0 Å². The zero-order valence-corrected chi connectivity index (χ0v) is 13.8. The molecule has 2 amide bonds. The number of fused-ring (bicyclic) bond motifs is 1. The van der Waals surface area contributed by atoms with E-state index in [1.165, 1.54) is 4.90 Å². The second-order valence-corrected chi connectivity index (χ2v) is 5.66. The molecule has 1 aliphatic heterocycles. The SMILES string of the molecule is CN(C[C@@H](O)COc1ccc2c(c1)OCO2)C(=O)Nc1ccccc1. The molecule has 0 fully saturated rings. The minimum atomic E-state index is -0.822. The first-order chi connectivity index (χ1) is 12.1. The standard InChI is InChI=1S/C18H20N2O5/c1-20(18(22)19-13-5-3-2-4-6-13)10-14(21)11-23-15-7-8-16-17(9-15)25-12-24-16/h2-9,14,21H,10-12H2,1H3,(H,19,22)/t14-/m1/s1. The predicted octanol–water partition coefficient (Wildman–Crippen LogP) is 2.32. The molecule has 1 heterocycles. The number of benzene rings is 2. The van der Waals surface area contributed by atoms with E-state index in [1.807, 2.05) is 18.2 Å². The second kappa shape index (κ2) is 7.76. The second-order valence-electron chi connectivity index (χ2n) is 5.66. The van der Waals surface area contributed by atoms with E-state index < -0.39 is 6.10 Å². The average Bonchev–Trinajstić information content (AvgIpc) is 3.08. The fourth-order valence-corrected chi connectivity index (χ4v) is 2.35. The largest absolute Gasteiger partial charge is 0.491 e. The quantitative estimate of drug-likeness (QED) is 0.841. The summed E-state index contributed by atoms with van der Waals surface area (Å²) in [5, 5.41) is 12.8. The number of hydrogen-bond acceptors (Lipinski definition) is 5. The topological polar surface area (TPSA) is 80.3 Å². The van der Waals surface area contributed by atoms with Gasteiger partial charge in [-0.15, -0.1) is 0 Å². The van der Waals surface area contributed by atoms with Crippen molar-refractivity contribution in [2.24, 2.45) is 0 Å². The summed E-state index contributed by atoms with van der Waals surface area (Å²) in [4.78, 5) is 13.5. The summed E-state index contributed by atoms with van der Waals surface area (Å²) in [5.41, 5.74) is 0.699. The number of para-hydroxylation sites is 1. The van der Waals surface area contributed by atoms with Crippen LogP contribution in [0.25, 0.3) is 0 Å². The van der Waals surface area contributed by atoms with Crippen LogP contribution in [-0.4, -0.2) is 49.1 Å². The van der Waals surface area contributed by atoms with Gasteiger partial charge in [-0.1, -0.05) is 18.2 Å². The van der Waals surface area contributed by atoms with Crippen molar-refractivity contribution in [3.8, 4) is 17.2 Å². The number of urea groups is 1. The number of carbonyl (C=O) groups is 1. The minimum absolute atomic E-state index is 0.0581. The van der Waals surface area contributed by atoms with Crippen LogP contribution in [0.5, 0.6) is 17.2 Å². The highest BCUT2D eigenvalue weighted by atomic mass is 16.7. The zero-order valence-electron chi connectivity index (χ0n) is 13.8. The highest BCUT2D eigenvalue weighted by molar-refractivity contribution is 5.89. The van der Waals surface area contributed by atoms with E-state index in [0.29, 0.717) is 22.9 Å². The maximum atomic E-state index is 12.1. The van der Waals surface area contributed by atoms with Crippen LogP contribution in [0, 0.1) is 0 Å². The maximum Gasteiger partial charge on any atom is 0.321 e. The van der Waals surface area contributed by atoms with Gasteiger partial charge in [-0.2, -0.15) is 0 Å². The predicted molar refractivity (Wildman–Crippen MR) is 92.2 cm³/mol. The smallest absolute Gasteiger partial charge is 0.321 e. The van der Waals surface area contributed by atoms with Gasteiger partial charge in [0.05, 0.1) is 6.54 Å². The van der Waals surface area contributed by atoms with Gasteiger partial charge in [0, 0.05) is 18.8 Å². The van der Waals surface area contributed by atoms with Crippen LogP contribution < -0.4 is 19.5 Å². The molecule has 2 N–H and O–H groups in total. The summed E-state index contributed by atoms with van der Waals surface area (Å²) in [6, 6.07) is 14.0. The van der Waals surface area contributed by atoms with Crippen molar-refractivity contribution in [1.29, 1.82) is 0 Å². The molecule has 0 saturated heterocycles. The Labute approximate surface area is 145 Å². The third-order valence-electron chi connectivity index (χ3n) is 3.64. The first-order valence-electron chi connectivity index (χ1n) is 7.89. The Morgan fingerprint density at radius 3 is 2.80 bits per heavy atom. The summed E-state index contributed by atoms with van der Waals surface area (Å²) in [6.45, 7) is 0.397. The summed E-state index contributed by atoms with van der Waals surface area (Å²) < 4.78 is 16.0. The number of likely N-dealkylation sites (N-methyl/N-ethyl adjacent to an activating group) is 1. The van der Waals surface area contributed by atoms with Crippen LogP contribution in [0.15, 0.2) is 48.5 Å². The lowest BCUT2D eigenvalue weighted by atomic mass is 10.3. The molecule has 0 aromatic heterocycles. The molecule has 25 heavy (non-hydrogen) atoms. The van der Waals surface area contributed by atoms with Crippen molar-refractivity contribution >= 4 is 11.7 Å². The molecular formula is C18H20N2O5. The van der Waals surface area contributed by atoms with E-state index in [0.717, 1.165) is 0 Å². The Hall–Kier alpha value is -2.93. The fraction of sp³-hybridized carbons (Fsp3) is 0.278. The van der Waals surface area contributed by atoms with Gasteiger partial charge < -0.3 is 29.5 Å².